The van der Waals surface area contributed by atoms with Gasteiger partial charge in [0.2, 0.25) is 0 Å². The molecule has 4 heteroatoms. The summed E-state index contributed by atoms with van der Waals surface area (Å²) in [5.41, 5.74) is 3.34. The van der Waals surface area contributed by atoms with E-state index in [0.717, 1.165) is 17.7 Å². The molecule has 0 spiro atoms. The van der Waals surface area contributed by atoms with Crippen LogP contribution in [0.2, 0.25) is 0 Å². The maximum absolute atomic E-state index is 10.7. The Kier molecular flexibility index (Phi) is 4.40. The van der Waals surface area contributed by atoms with Gasteiger partial charge in [0.05, 0.1) is 4.92 Å². The first-order chi connectivity index (χ1) is 7.95. The molecule has 0 N–H and O–H groups in total. The van der Waals surface area contributed by atoms with Crippen LogP contribution in [0.3, 0.4) is 0 Å². The van der Waals surface area contributed by atoms with E-state index in [9.17, 15) is 10.1 Å². The smallest absolute Gasteiger partial charge is 0.269 e. The van der Waals surface area contributed by atoms with Gasteiger partial charge in [0.1, 0.15) is 0 Å². The molecule has 1 aromatic rings. The van der Waals surface area contributed by atoms with Crippen LogP contribution in [0.15, 0.2) is 24.3 Å². The minimum absolute atomic E-state index is 0.145. The van der Waals surface area contributed by atoms with Gasteiger partial charge in [-0.05, 0) is 50.7 Å². The molecule has 0 saturated carbocycles. The summed E-state index contributed by atoms with van der Waals surface area (Å²) in [5, 5.41) is 10.7. The van der Waals surface area contributed by atoms with Crippen LogP contribution < -0.4 is 0 Å². The molecule has 0 aliphatic rings. The van der Waals surface area contributed by atoms with Gasteiger partial charge in [-0.25, -0.2) is 0 Å². The quantitative estimate of drug-likeness (QED) is 0.594. The van der Waals surface area contributed by atoms with E-state index in [2.05, 4.69) is 4.90 Å². The van der Waals surface area contributed by atoms with Crippen LogP contribution in [0.25, 0.3) is 5.57 Å². The van der Waals surface area contributed by atoms with E-state index in [1.54, 1.807) is 12.1 Å². The summed E-state index contributed by atoms with van der Waals surface area (Å²) in [5.74, 6) is 0. The van der Waals surface area contributed by atoms with Crippen molar-refractivity contribution in [1.82, 2.24) is 4.90 Å². The number of nitro groups is 1. The molecular formula is C13H18N2O2. The van der Waals surface area contributed by atoms with E-state index in [-0.39, 0.29) is 10.6 Å². The molecular weight excluding hydrogens is 216 g/mol. The molecule has 0 aromatic heterocycles. The summed E-state index contributed by atoms with van der Waals surface area (Å²) < 4.78 is 0. The Hall–Kier alpha value is -1.68. The zero-order chi connectivity index (χ0) is 13.0. The van der Waals surface area contributed by atoms with Crippen LogP contribution >= 0.6 is 0 Å². The van der Waals surface area contributed by atoms with Crippen LogP contribution in [0.5, 0.6) is 0 Å². The maximum atomic E-state index is 10.7. The molecule has 0 aliphatic carbocycles. The Morgan fingerprint density at radius 3 is 2.53 bits per heavy atom. The number of hydrogen-bond donors (Lipinski definition) is 0. The molecule has 1 rings (SSSR count). The highest BCUT2D eigenvalue weighted by molar-refractivity contribution is 5.70. The SMILES string of the molecule is C/C=C(\CN(C)C)c1ccc([N+](=O)[O-])cc1C. The van der Waals surface area contributed by atoms with Crippen molar-refractivity contribution in [2.45, 2.75) is 13.8 Å². The fraction of sp³-hybridized carbons (Fsp3) is 0.385. The number of nitro benzene ring substituents is 1. The van der Waals surface area contributed by atoms with Gasteiger partial charge in [-0.2, -0.15) is 0 Å². The Balaban J connectivity index is 3.10. The lowest BCUT2D eigenvalue weighted by Crippen LogP contribution is -2.14. The fourth-order valence-electron chi connectivity index (χ4n) is 1.79. The highest BCUT2D eigenvalue weighted by atomic mass is 16.6. The number of hydrogen-bond acceptors (Lipinski definition) is 3. The van der Waals surface area contributed by atoms with Crippen LogP contribution in [0.4, 0.5) is 5.69 Å². The Labute approximate surface area is 102 Å². The van der Waals surface area contributed by atoms with E-state index in [0.29, 0.717) is 0 Å². The van der Waals surface area contributed by atoms with Crippen molar-refractivity contribution in [3.63, 3.8) is 0 Å². The minimum atomic E-state index is -0.363. The van der Waals surface area contributed by atoms with Gasteiger partial charge in [0.25, 0.3) is 5.69 Å². The minimum Gasteiger partial charge on any atom is -0.305 e. The number of aryl methyl sites for hydroxylation is 1. The van der Waals surface area contributed by atoms with Gasteiger partial charge in [-0.3, -0.25) is 10.1 Å². The first-order valence-corrected chi connectivity index (χ1v) is 5.51. The van der Waals surface area contributed by atoms with Gasteiger partial charge in [0.15, 0.2) is 0 Å². The molecule has 0 saturated heterocycles. The normalized spacial score (nSPS) is 11.9. The van der Waals surface area contributed by atoms with Gasteiger partial charge < -0.3 is 4.90 Å². The monoisotopic (exact) mass is 234 g/mol. The Bertz CT molecular complexity index is 451. The zero-order valence-corrected chi connectivity index (χ0v) is 10.7. The molecule has 0 aliphatic heterocycles. The number of nitrogens with zero attached hydrogens (tertiary/aromatic N) is 2. The molecule has 0 bridgehead atoms. The molecule has 0 fully saturated rings. The number of allylic oxidation sites excluding steroid dienone is 1. The number of rotatable bonds is 4. The maximum Gasteiger partial charge on any atom is 0.269 e. The summed E-state index contributed by atoms with van der Waals surface area (Å²) in [6, 6.07) is 5.00. The lowest BCUT2D eigenvalue weighted by Gasteiger charge is -2.15. The van der Waals surface area contributed by atoms with Crippen molar-refractivity contribution in [3.05, 3.63) is 45.5 Å². The van der Waals surface area contributed by atoms with Crippen LogP contribution in [0.1, 0.15) is 18.1 Å². The average molecular weight is 234 g/mol. The molecule has 92 valence electrons. The van der Waals surface area contributed by atoms with E-state index in [1.807, 2.05) is 40.1 Å². The summed E-state index contributed by atoms with van der Waals surface area (Å²) in [4.78, 5) is 12.4. The van der Waals surface area contributed by atoms with Gasteiger partial charge in [0, 0.05) is 18.7 Å². The summed E-state index contributed by atoms with van der Waals surface area (Å²) >= 11 is 0. The topological polar surface area (TPSA) is 46.4 Å². The van der Waals surface area contributed by atoms with Gasteiger partial charge >= 0.3 is 0 Å². The second-order valence-corrected chi connectivity index (χ2v) is 4.31. The largest absolute Gasteiger partial charge is 0.305 e. The third-order valence-corrected chi connectivity index (χ3v) is 2.60. The second kappa shape index (κ2) is 5.59. The molecule has 1 aromatic carbocycles. The van der Waals surface area contributed by atoms with Crippen molar-refractivity contribution in [3.8, 4) is 0 Å². The summed E-state index contributed by atoms with van der Waals surface area (Å²) in [6.45, 7) is 4.72. The van der Waals surface area contributed by atoms with E-state index < -0.39 is 0 Å². The lowest BCUT2D eigenvalue weighted by molar-refractivity contribution is -0.384. The third kappa shape index (κ3) is 3.39. The van der Waals surface area contributed by atoms with Crippen LogP contribution in [0, 0.1) is 17.0 Å². The molecule has 0 amide bonds. The molecule has 0 atom stereocenters. The predicted molar refractivity (Wildman–Crippen MR) is 70.0 cm³/mol. The van der Waals surface area contributed by atoms with E-state index in [1.165, 1.54) is 5.57 Å². The lowest BCUT2D eigenvalue weighted by atomic mass is 9.99. The van der Waals surface area contributed by atoms with Crippen LogP contribution in [-0.2, 0) is 0 Å². The van der Waals surface area contributed by atoms with Gasteiger partial charge in [-0.1, -0.05) is 6.08 Å². The highest BCUT2D eigenvalue weighted by Gasteiger charge is 2.10. The first kappa shape index (κ1) is 13.4. The van der Waals surface area contributed by atoms with Crippen molar-refractivity contribution < 1.29 is 4.92 Å². The summed E-state index contributed by atoms with van der Waals surface area (Å²) in [6.07, 6.45) is 2.05. The first-order valence-electron chi connectivity index (χ1n) is 5.51. The molecule has 0 heterocycles. The average Bonchev–Trinajstić information content (AvgIpc) is 2.25. The Morgan fingerprint density at radius 1 is 1.47 bits per heavy atom. The number of benzene rings is 1. The van der Waals surface area contributed by atoms with E-state index in [4.69, 9.17) is 0 Å². The fourth-order valence-corrected chi connectivity index (χ4v) is 1.79. The summed E-state index contributed by atoms with van der Waals surface area (Å²) in [7, 11) is 4.01. The van der Waals surface area contributed by atoms with Crippen LogP contribution in [-0.4, -0.2) is 30.5 Å². The molecule has 0 radical (unpaired) electrons. The van der Waals surface area contributed by atoms with Crippen molar-refractivity contribution in [2.24, 2.45) is 0 Å². The number of likely N-dealkylation sites (N-methyl/N-ethyl adjacent to an activating group) is 1. The molecule has 0 unspecified atom stereocenters. The molecule has 4 nitrogen and oxygen atoms in total. The third-order valence-electron chi connectivity index (χ3n) is 2.60. The predicted octanol–water partition coefficient (Wildman–Crippen LogP) is 2.87. The van der Waals surface area contributed by atoms with Crippen molar-refractivity contribution in [2.75, 3.05) is 20.6 Å². The van der Waals surface area contributed by atoms with Crippen molar-refractivity contribution >= 4 is 11.3 Å². The van der Waals surface area contributed by atoms with E-state index >= 15 is 0 Å². The standard InChI is InChI=1S/C13H18N2O2/c1-5-11(9-14(3)4)13-7-6-12(15(16)17)8-10(13)2/h5-8H,9H2,1-4H3/b11-5+. The van der Waals surface area contributed by atoms with Crippen molar-refractivity contribution in [1.29, 1.82) is 0 Å². The highest BCUT2D eigenvalue weighted by Crippen LogP contribution is 2.23. The zero-order valence-electron chi connectivity index (χ0n) is 10.7. The second-order valence-electron chi connectivity index (χ2n) is 4.31. The number of non-ortho nitro benzene ring substituents is 1. The van der Waals surface area contributed by atoms with Gasteiger partial charge in [-0.15, -0.1) is 0 Å². The Morgan fingerprint density at radius 2 is 2.12 bits per heavy atom. The molecule has 17 heavy (non-hydrogen) atoms.